The van der Waals surface area contributed by atoms with Crippen molar-refractivity contribution in [3.05, 3.63) is 77.4 Å². The molecule has 240 valence electrons. The number of benzene rings is 2. The summed E-state index contributed by atoms with van der Waals surface area (Å²) in [6, 6.07) is 17.5. The van der Waals surface area contributed by atoms with Crippen molar-refractivity contribution in [1.82, 2.24) is 4.90 Å². The third kappa shape index (κ3) is 8.20. The fraction of sp³-hybridized carbons (Fsp3) is 0.556. The molecule has 2 aromatic rings. The summed E-state index contributed by atoms with van der Waals surface area (Å²) in [7, 11) is -0.435. The normalized spacial score (nSPS) is 22.8. The Kier molecular flexibility index (Phi) is 11.1. The number of carbonyl (C=O) groups is 2. The molecule has 4 rings (SSSR count). The van der Waals surface area contributed by atoms with Crippen molar-refractivity contribution in [2.45, 2.75) is 84.7 Å². The topological polar surface area (TPSA) is 74.3 Å². The molecule has 1 saturated heterocycles. The zero-order valence-corrected chi connectivity index (χ0v) is 28.7. The largest absolute Gasteiger partial charge is 0.497 e. The van der Waals surface area contributed by atoms with E-state index >= 15 is 0 Å². The molecule has 1 heterocycles. The zero-order valence-electron chi connectivity index (χ0n) is 27.7. The van der Waals surface area contributed by atoms with Gasteiger partial charge in [0.25, 0.3) is 0 Å². The molecule has 1 spiro atoms. The summed E-state index contributed by atoms with van der Waals surface area (Å²) >= 11 is 0. The maximum Gasteiger partial charge on any atom is 0.416 e. The molecule has 8 heteroatoms. The van der Waals surface area contributed by atoms with Gasteiger partial charge in [0.2, 0.25) is 5.91 Å². The number of ether oxygens (including phenoxy) is 3. The van der Waals surface area contributed by atoms with Gasteiger partial charge in [0, 0.05) is 19.1 Å². The van der Waals surface area contributed by atoms with Crippen LogP contribution in [-0.2, 0) is 31.9 Å². The summed E-state index contributed by atoms with van der Waals surface area (Å²) in [6.45, 7) is 15.2. The Hall–Kier alpha value is -2.94. The van der Waals surface area contributed by atoms with Crippen LogP contribution in [0.4, 0.5) is 4.79 Å². The molecular formula is C36H51NO6Si. The van der Waals surface area contributed by atoms with E-state index in [4.69, 9.17) is 18.6 Å². The van der Waals surface area contributed by atoms with Crippen LogP contribution in [0.1, 0.15) is 64.5 Å². The molecule has 0 N–H and O–H groups in total. The highest BCUT2D eigenvalue weighted by atomic mass is 28.4. The minimum atomic E-state index is -2.09. The third-order valence-electron chi connectivity index (χ3n) is 9.86. The molecule has 1 aliphatic heterocycles. The Morgan fingerprint density at radius 3 is 2.32 bits per heavy atom. The predicted molar refractivity (Wildman–Crippen MR) is 176 cm³/mol. The lowest BCUT2D eigenvalue weighted by molar-refractivity contribution is -0.144. The summed E-state index contributed by atoms with van der Waals surface area (Å²) in [5, 5.41) is 0.0398. The SMILES string of the molecule is COc1ccc(COCC2=C[C@H](CO[Si](C)(C)C(C)(C)C)[C@]3(CC2)CC[C@@H](C)CN(C(=O)OCc2ccccc2)C3=O)cc1. The fourth-order valence-corrected chi connectivity index (χ4v) is 6.89. The van der Waals surface area contributed by atoms with Gasteiger partial charge in [-0.15, -0.1) is 0 Å². The summed E-state index contributed by atoms with van der Waals surface area (Å²) in [4.78, 5) is 29.4. The molecular weight excluding hydrogens is 570 g/mol. The van der Waals surface area contributed by atoms with Crippen LogP contribution in [0, 0.1) is 17.3 Å². The number of hydrogen-bond donors (Lipinski definition) is 0. The van der Waals surface area contributed by atoms with Crippen molar-refractivity contribution in [2.75, 3.05) is 26.9 Å². The second-order valence-electron chi connectivity index (χ2n) is 14.1. The van der Waals surface area contributed by atoms with Crippen LogP contribution < -0.4 is 4.74 Å². The molecule has 7 nitrogen and oxygen atoms in total. The fourth-order valence-electron chi connectivity index (χ4n) is 5.86. The van der Waals surface area contributed by atoms with E-state index in [-0.39, 0.29) is 29.4 Å². The second-order valence-corrected chi connectivity index (χ2v) is 18.9. The number of carbonyl (C=O) groups excluding carboxylic acids is 2. The Morgan fingerprint density at radius 2 is 1.66 bits per heavy atom. The summed E-state index contributed by atoms with van der Waals surface area (Å²) < 4.78 is 23.9. The van der Waals surface area contributed by atoms with Gasteiger partial charge in [0.15, 0.2) is 8.32 Å². The van der Waals surface area contributed by atoms with Crippen LogP contribution in [0.15, 0.2) is 66.2 Å². The molecule has 0 saturated carbocycles. The molecule has 0 bridgehead atoms. The Balaban J connectivity index is 1.55. The van der Waals surface area contributed by atoms with E-state index in [1.807, 2.05) is 54.6 Å². The van der Waals surface area contributed by atoms with E-state index in [0.29, 0.717) is 32.8 Å². The molecule has 0 unspecified atom stereocenters. The summed E-state index contributed by atoms with van der Waals surface area (Å²) in [5.41, 5.74) is 2.43. The number of imide groups is 1. The van der Waals surface area contributed by atoms with Crippen LogP contribution in [0.2, 0.25) is 18.1 Å². The van der Waals surface area contributed by atoms with E-state index in [0.717, 1.165) is 36.1 Å². The molecule has 2 aliphatic rings. The van der Waals surface area contributed by atoms with Crippen molar-refractivity contribution in [3.8, 4) is 5.75 Å². The highest BCUT2D eigenvalue weighted by Gasteiger charge is 2.52. The molecule has 0 radical (unpaired) electrons. The van der Waals surface area contributed by atoms with Gasteiger partial charge in [-0.05, 0) is 78.6 Å². The third-order valence-corrected chi connectivity index (χ3v) is 14.4. The van der Waals surface area contributed by atoms with Gasteiger partial charge in [0.05, 0.1) is 25.7 Å². The van der Waals surface area contributed by atoms with Crippen molar-refractivity contribution in [2.24, 2.45) is 17.3 Å². The summed E-state index contributed by atoms with van der Waals surface area (Å²) in [5.74, 6) is 0.715. The van der Waals surface area contributed by atoms with E-state index in [9.17, 15) is 9.59 Å². The lowest BCUT2D eigenvalue weighted by Gasteiger charge is -2.44. The van der Waals surface area contributed by atoms with Crippen LogP contribution >= 0.6 is 0 Å². The maximum absolute atomic E-state index is 14.5. The van der Waals surface area contributed by atoms with Crippen molar-refractivity contribution >= 4 is 20.3 Å². The molecule has 2 aromatic carbocycles. The van der Waals surface area contributed by atoms with Gasteiger partial charge in [-0.1, -0.05) is 76.2 Å². The number of methoxy groups -OCH3 is 1. The van der Waals surface area contributed by atoms with Crippen LogP contribution in [0.25, 0.3) is 0 Å². The minimum Gasteiger partial charge on any atom is -0.497 e. The first-order valence-corrected chi connectivity index (χ1v) is 18.8. The highest BCUT2D eigenvalue weighted by molar-refractivity contribution is 6.74. The molecule has 3 atom stereocenters. The van der Waals surface area contributed by atoms with Gasteiger partial charge >= 0.3 is 6.09 Å². The highest BCUT2D eigenvalue weighted by Crippen LogP contribution is 2.49. The first kappa shape index (κ1) is 33.9. The van der Waals surface area contributed by atoms with E-state index in [1.165, 1.54) is 10.5 Å². The van der Waals surface area contributed by atoms with E-state index in [2.05, 4.69) is 46.9 Å². The van der Waals surface area contributed by atoms with E-state index < -0.39 is 19.8 Å². The van der Waals surface area contributed by atoms with E-state index in [1.54, 1.807) is 7.11 Å². The average molecular weight is 622 g/mol. The van der Waals surface area contributed by atoms with Crippen molar-refractivity contribution in [1.29, 1.82) is 0 Å². The minimum absolute atomic E-state index is 0.0398. The number of likely N-dealkylation sites (tertiary alicyclic amines) is 1. The first-order chi connectivity index (χ1) is 20.8. The first-order valence-electron chi connectivity index (χ1n) is 15.9. The lowest BCUT2D eigenvalue weighted by atomic mass is 9.64. The zero-order chi connectivity index (χ0) is 32.0. The predicted octanol–water partition coefficient (Wildman–Crippen LogP) is 8.15. The van der Waals surface area contributed by atoms with Gasteiger partial charge < -0.3 is 18.6 Å². The monoisotopic (exact) mass is 621 g/mol. The molecule has 0 aromatic heterocycles. The van der Waals surface area contributed by atoms with Crippen LogP contribution in [0.3, 0.4) is 0 Å². The quantitative estimate of drug-likeness (QED) is 0.197. The Labute approximate surface area is 265 Å². The standard InChI is InChI=1S/C36H51NO6Si/c1-27-17-19-36(33(38)37(22-27)34(39)42-25-28-11-9-8-10-12-28)20-18-30(21-31(36)26-43-44(6,7)35(2,3)4)24-41-23-29-13-15-32(40-5)16-14-29/h8-16,21,27,31H,17-20,22-26H2,1-7H3/t27-,31-,36-/m1/s1. The van der Waals surface area contributed by atoms with Gasteiger partial charge in [0.1, 0.15) is 12.4 Å². The molecule has 2 amide bonds. The van der Waals surface area contributed by atoms with Crippen LogP contribution in [-0.4, -0.2) is 52.1 Å². The number of hydrogen-bond acceptors (Lipinski definition) is 6. The van der Waals surface area contributed by atoms with Crippen molar-refractivity contribution < 1.29 is 28.2 Å². The summed E-state index contributed by atoms with van der Waals surface area (Å²) in [6.07, 6.45) is 4.65. The Morgan fingerprint density at radius 1 is 0.977 bits per heavy atom. The smallest absolute Gasteiger partial charge is 0.416 e. The second kappa shape index (κ2) is 14.4. The molecule has 1 fully saturated rings. The lowest BCUT2D eigenvalue weighted by Crippen LogP contribution is -2.52. The number of nitrogens with zero attached hydrogens (tertiary/aromatic N) is 1. The van der Waals surface area contributed by atoms with Gasteiger partial charge in [-0.25, -0.2) is 9.69 Å². The maximum atomic E-state index is 14.5. The number of amides is 2. The van der Waals surface area contributed by atoms with Crippen molar-refractivity contribution in [3.63, 3.8) is 0 Å². The van der Waals surface area contributed by atoms with Crippen LogP contribution in [0.5, 0.6) is 5.75 Å². The average Bonchev–Trinajstić information content (AvgIpc) is 3.12. The number of rotatable bonds is 10. The van der Waals surface area contributed by atoms with Gasteiger partial charge in [-0.2, -0.15) is 0 Å². The van der Waals surface area contributed by atoms with Gasteiger partial charge in [-0.3, -0.25) is 4.79 Å². The molecule has 44 heavy (non-hydrogen) atoms. The Bertz CT molecular complexity index is 1290. The molecule has 1 aliphatic carbocycles.